The maximum absolute atomic E-state index is 13.1. The van der Waals surface area contributed by atoms with Gasteiger partial charge in [0, 0.05) is 37.4 Å². The van der Waals surface area contributed by atoms with Crippen molar-refractivity contribution in [2.75, 3.05) is 36.4 Å². The number of benzene rings is 3. The molecule has 0 unspecified atom stereocenters. The molecule has 0 aliphatic carbocycles. The second kappa shape index (κ2) is 8.61. The molecule has 1 saturated heterocycles. The highest BCUT2D eigenvalue weighted by Gasteiger charge is 2.24. The third-order valence-electron chi connectivity index (χ3n) is 5.13. The minimum atomic E-state index is -0.222. The molecule has 0 bridgehead atoms. The van der Waals surface area contributed by atoms with E-state index in [1.54, 1.807) is 24.3 Å². The predicted molar refractivity (Wildman–Crippen MR) is 115 cm³/mol. The van der Waals surface area contributed by atoms with Crippen LogP contribution in [0.25, 0.3) is 0 Å². The summed E-state index contributed by atoms with van der Waals surface area (Å²) in [4.78, 5) is 29.8. The highest BCUT2D eigenvalue weighted by Crippen LogP contribution is 2.21. The topological polar surface area (TPSA) is 52.7 Å². The molecule has 146 valence electrons. The van der Waals surface area contributed by atoms with Crippen LogP contribution in [0.4, 0.5) is 11.4 Å². The molecule has 4 rings (SSSR count). The molecular formula is C24H23N3O2. The number of nitrogens with zero attached hydrogens (tertiary/aromatic N) is 2. The van der Waals surface area contributed by atoms with Gasteiger partial charge in [-0.05, 0) is 36.4 Å². The largest absolute Gasteiger partial charge is 0.368 e. The molecule has 1 aliphatic heterocycles. The standard InChI is InChI=1S/C24H23N3O2/c28-23(19-9-3-1-4-10-19)25-22-14-8-7-13-21(22)24(29)27-17-15-26(16-18-27)20-11-5-2-6-12-20/h1-14H,15-18H2,(H,25,28). The number of hydrogen-bond donors (Lipinski definition) is 1. The van der Waals surface area contributed by atoms with Gasteiger partial charge in [-0.3, -0.25) is 9.59 Å². The summed E-state index contributed by atoms with van der Waals surface area (Å²) in [5.74, 6) is -0.276. The van der Waals surface area contributed by atoms with Crippen molar-refractivity contribution in [3.63, 3.8) is 0 Å². The summed E-state index contributed by atoms with van der Waals surface area (Å²) in [7, 11) is 0. The summed E-state index contributed by atoms with van der Waals surface area (Å²) in [5.41, 5.74) is 2.79. The van der Waals surface area contributed by atoms with Crippen molar-refractivity contribution in [3.05, 3.63) is 96.1 Å². The lowest BCUT2D eigenvalue weighted by Gasteiger charge is -2.36. The van der Waals surface area contributed by atoms with Crippen LogP contribution in [0.15, 0.2) is 84.9 Å². The predicted octanol–water partition coefficient (Wildman–Crippen LogP) is 3.90. The highest BCUT2D eigenvalue weighted by molar-refractivity contribution is 6.09. The van der Waals surface area contributed by atoms with Crippen LogP contribution in [-0.2, 0) is 0 Å². The zero-order chi connectivity index (χ0) is 20.1. The monoisotopic (exact) mass is 385 g/mol. The number of piperazine rings is 1. The van der Waals surface area contributed by atoms with E-state index in [1.165, 1.54) is 5.69 Å². The molecule has 0 saturated carbocycles. The third kappa shape index (κ3) is 4.29. The van der Waals surface area contributed by atoms with Crippen LogP contribution in [0.1, 0.15) is 20.7 Å². The Bertz CT molecular complexity index is 981. The number of hydrogen-bond acceptors (Lipinski definition) is 3. The second-order valence-corrected chi connectivity index (χ2v) is 6.98. The summed E-state index contributed by atoms with van der Waals surface area (Å²) in [5, 5.41) is 2.88. The van der Waals surface area contributed by atoms with E-state index in [2.05, 4.69) is 22.3 Å². The van der Waals surface area contributed by atoms with Crippen LogP contribution in [-0.4, -0.2) is 42.9 Å². The van der Waals surface area contributed by atoms with Gasteiger partial charge in [-0.2, -0.15) is 0 Å². The van der Waals surface area contributed by atoms with Gasteiger partial charge in [0.15, 0.2) is 0 Å². The van der Waals surface area contributed by atoms with Gasteiger partial charge in [-0.1, -0.05) is 48.5 Å². The quantitative estimate of drug-likeness (QED) is 0.741. The molecule has 3 aromatic carbocycles. The van der Waals surface area contributed by atoms with E-state index in [-0.39, 0.29) is 11.8 Å². The lowest BCUT2D eigenvalue weighted by molar-refractivity contribution is 0.0748. The van der Waals surface area contributed by atoms with E-state index in [9.17, 15) is 9.59 Å². The molecule has 1 aliphatic rings. The SMILES string of the molecule is O=C(Nc1ccccc1C(=O)N1CCN(c2ccccc2)CC1)c1ccccc1. The van der Waals surface area contributed by atoms with Crippen LogP contribution in [0.2, 0.25) is 0 Å². The number of amides is 2. The third-order valence-corrected chi connectivity index (χ3v) is 5.13. The van der Waals surface area contributed by atoms with Crippen molar-refractivity contribution in [2.45, 2.75) is 0 Å². The normalized spacial score (nSPS) is 13.8. The van der Waals surface area contributed by atoms with E-state index in [0.717, 1.165) is 13.1 Å². The van der Waals surface area contributed by atoms with E-state index in [1.807, 2.05) is 53.4 Å². The molecule has 0 radical (unpaired) electrons. The molecule has 0 spiro atoms. The first-order valence-electron chi connectivity index (χ1n) is 9.77. The Balaban J connectivity index is 1.45. The van der Waals surface area contributed by atoms with Gasteiger partial charge in [0.05, 0.1) is 11.3 Å². The Morgan fingerprint density at radius 1 is 0.690 bits per heavy atom. The molecule has 29 heavy (non-hydrogen) atoms. The summed E-state index contributed by atoms with van der Waals surface area (Å²) >= 11 is 0. The maximum atomic E-state index is 13.1. The Kier molecular flexibility index (Phi) is 5.56. The summed E-state index contributed by atoms with van der Waals surface area (Å²) in [6, 6.07) is 26.4. The molecule has 5 nitrogen and oxygen atoms in total. The molecule has 1 heterocycles. The molecule has 0 aromatic heterocycles. The summed E-state index contributed by atoms with van der Waals surface area (Å²) < 4.78 is 0. The van der Waals surface area contributed by atoms with E-state index >= 15 is 0 Å². The van der Waals surface area contributed by atoms with E-state index in [4.69, 9.17) is 0 Å². The second-order valence-electron chi connectivity index (χ2n) is 6.98. The van der Waals surface area contributed by atoms with Crippen LogP contribution in [0.3, 0.4) is 0 Å². The number of nitrogens with one attached hydrogen (secondary N) is 1. The molecule has 1 fully saturated rings. The average Bonchev–Trinajstić information content (AvgIpc) is 2.80. The zero-order valence-electron chi connectivity index (χ0n) is 16.1. The van der Waals surface area contributed by atoms with Crippen molar-refractivity contribution in [1.82, 2.24) is 4.90 Å². The van der Waals surface area contributed by atoms with Crippen LogP contribution in [0.5, 0.6) is 0 Å². The van der Waals surface area contributed by atoms with Crippen molar-refractivity contribution in [2.24, 2.45) is 0 Å². The molecule has 5 heteroatoms. The number of anilines is 2. The van der Waals surface area contributed by atoms with Crippen molar-refractivity contribution >= 4 is 23.2 Å². The van der Waals surface area contributed by atoms with Crippen LogP contribution < -0.4 is 10.2 Å². The molecule has 3 aromatic rings. The number of para-hydroxylation sites is 2. The Hall–Kier alpha value is -3.60. The van der Waals surface area contributed by atoms with E-state index in [0.29, 0.717) is 29.9 Å². The van der Waals surface area contributed by atoms with Gasteiger partial charge in [0.2, 0.25) is 0 Å². The van der Waals surface area contributed by atoms with Gasteiger partial charge >= 0.3 is 0 Å². The Morgan fingerprint density at radius 2 is 1.28 bits per heavy atom. The lowest BCUT2D eigenvalue weighted by Crippen LogP contribution is -2.48. The van der Waals surface area contributed by atoms with Gasteiger partial charge in [-0.15, -0.1) is 0 Å². The van der Waals surface area contributed by atoms with Crippen molar-refractivity contribution < 1.29 is 9.59 Å². The fraction of sp³-hybridized carbons (Fsp3) is 0.167. The van der Waals surface area contributed by atoms with Gasteiger partial charge in [0.1, 0.15) is 0 Å². The Morgan fingerprint density at radius 3 is 1.97 bits per heavy atom. The van der Waals surface area contributed by atoms with Gasteiger partial charge in [0.25, 0.3) is 11.8 Å². The van der Waals surface area contributed by atoms with Gasteiger partial charge < -0.3 is 15.1 Å². The van der Waals surface area contributed by atoms with Crippen LogP contribution >= 0.6 is 0 Å². The first-order valence-corrected chi connectivity index (χ1v) is 9.77. The maximum Gasteiger partial charge on any atom is 0.256 e. The average molecular weight is 385 g/mol. The molecule has 0 atom stereocenters. The summed E-state index contributed by atoms with van der Waals surface area (Å²) in [6.07, 6.45) is 0. The van der Waals surface area contributed by atoms with Gasteiger partial charge in [-0.25, -0.2) is 0 Å². The first-order chi connectivity index (χ1) is 14.2. The lowest BCUT2D eigenvalue weighted by atomic mass is 10.1. The fourth-order valence-electron chi connectivity index (χ4n) is 3.54. The number of carbonyl (C=O) groups excluding carboxylic acids is 2. The minimum Gasteiger partial charge on any atom is -0.368 e. The number of rotatable bonds is 4. The Labute approximate surface area is 170 Å². The smallest absolute Gasteiger partial charge is 0.256 e. The molecule has 2 amide bonds. The van der Waals surface area contributed by atoms with Crippen molar-refractivity contribution in [1.29, 1.82) is 0 Å². The highest BCUT2D eigenvalue weighted by atomic mass is 16.2. The van der Waals surface area contributed by atoms with Crippen molar-refractivity contribution in [3.8, 4) is 0 Å². The molecular weight excluding hydrogens is 362 g/mol. The number of carbonyl (C=O) groups is 2. The summed E-state index contributed by atoms with van der Waals surface area (Å²) in [6.45, 7) is 2.87. The first kappa shape index (κ1) is 18.7. The van der Waals surface area contributed by atoms with Crippen LogP contribution in [0, 0.1) is 0 Å². The molecule has 1 N–H and O–H groups in total. The fourth-order valence-corrected chi connectivity index (χ4v) is 3.54. The minimum absolute atomic E-state index is 0.0540. The van der Waals surface area contributed by atoms with E-state index < -0.39 is 0 Å². The zero-order valence-corrected chi connectivity index (χ0v) is 16.1.